The Morgan fingerprint density at radius 3 is 2.74 bits per heavy atom. The van der Waals surface area contributed by atoms with Crippen molar-refractivity contribution in [1.82, 2.24) is 9.80 Å². The molecule has 1 amide bonds. The van der Waals surface area contributed by atoms with E-state index in [0.29, 0.717) is 18.4 Å². The number of carbonyl (C=O) groups is 1. The van der Waals surface area contributed by atoms with Crippen LogP contribution in [0.25, 0.3) is 0 Å². The first-order chi connectivity index (χ1) is 9.01. The maximum atomic E-state index is 12.2. The van der Waals surface area contributed by atoms with Crippen molar-refractivity contribution in [3.8, 4) is 0 Å². The van der Waals surface area contributed by atoms with E-state index in [1.165, 1.54) is 6.42 Å². The molecule has 2 aliphatic rings. The van der Waals surface area contributed by atoms with E-state index in [9.17, 15) is 4.79 Å². The van der Waals surface area contributed by atoms with Crippen molar-refractivity contribution in [2.24, 2.45) is 16.8 Å². The highest BCUT2D eigenvalue weighted by atomic mass is 16.2. The largest absolute Gasteiger partial charge is 0.313 e. The van der Waals surface area contributed by atoms with Crippen LogP contribution in [-0.2, 0) is 4.79 Å². The molecule has 19 heavy (non-hydrogen) atoms. The van der Waals surface area contributed by atoms with Crippen LogP contribution in [0.2, 0.25) is 0 Å². The molecule has 2 atom stereocenters. The molecule has 0 saturated heterocycles. The molecule has 1 heterocycles. The van der Waals surface area contributed by atoms with Gasteiger partial charge in [0.1, 0.15) is 0 Å². The Labute approximate surface area is 115 Å². The summed E-state index contributed by atoms with van der Waals surface area (Å²) in [5.41, 5.74) is 1.97. The van der Waals surface area contributed by atoms with E-state index in [-0.39, 0.29) is 5.91 Å². The number of hydrogen-bond acceptors (Lipinski definition) is 3. The summed E-state index contributed by atoms with van der Waals surface area (Å²) >= 11 is 0. The number of carbonyl (C=O) groups excluding carboxylic acids is 1. The normalized spacial score (nSPS) is 32.3. The molecule has 4 heteroatoms. The fourth-order valence-corrected chi connectivity index (χ4v) is 2.19. The van der Waals surface area contributed by atoms with Crippen molar-refractivity contribution in [3.63, 3.8) is 0 Å². The van der Waals surface area contributed by atoms with Gasteiger partial charge in [-0.15, -0.1) is 0 Å². The van der Waals surface area contributed by atoms with Crippen LogP contribution in [-0.4, -0.2) is 49.1 Å². The second-order valence-corrected chi connectivity index (χ2v) is 5.50. The van der Waals surface area contributed by atoms with Crippen molar-refractivity contribution in [1.29, 1.82) is 0 Å². The SMILES string of the molecule is CCN(C)CC(=O)N(C)C1=C/C2CC2/C=C(C)/N=C\1. The first-order valence-corrected chi connectivity index (χ1v) is 6.90. The number of likely N-dealkylation sites (N-methyl/N-ethyl adjacent to an activating group) is 2. The molecule has 1 fully saturated rings. The van der Waals surface area contributed by atoms with Gasteiger partial charge >= 0.3 is 0 Å². The molecule has 1 aliphatic carbocycles. The Hall–Kier alpha value is -1.42. The van der Waals surface area contributed by atoms with Gasteiger partial charge in [0, 0.05) is 12.7 Å². The van der Waals surface area contributed by atoms with Crippen LogP contribution in [0.1, 0.15) is 20.3 Å². The summed E-state index contributed by atoms with van der Waals surface area (Å²) in [6, 6.07) is 0. The fourth-order valence-electron chi connectivity index (χ4n) is 2.19. The predicted molar refractivity (Wildman–Crippen MR) is 77.9 cm³/mol. The second-order valence-electron chi connectivity index (χ2n) is 5.50. The molecular weight excluding hydrogens is 238 g/mol. The lowest BCUT2D eigenvalue weighted by Gasteiger charge is -2.22. The molecule has 0 aromatic rings. The van der Waals surface area contributed by atoms with Crippen molar-refractivity contribution < 1.29 is 4.79 Å². The van der Waals surface area contributed by atoms with Gasteiger partial charge in [-0.05, 0) is 38.8 Å². The van der Waals surface area contributed by atoms with Crippen molar-refractivity contribution >= 4 is 12.1 Å². The molecule has 2 rings (SSSR count). The van der Waals surface area contributed by atoms with Crippen molar-refractivity contribution in [2.75, 3.05) is 27.2 Å². The lowest BCUT2D eigenvalue weighted by molar-refractivity contribution is -0.128. The van der Waals surface area contributed by atoms with Crippen LogP contribution in [0.4, 0.5) is 0 Å². The zero-order valence-electron chi connectivity index (χ0n) is 12.3. The third kappa shape index (κ3) is 3.53. The van der Waals surface area contributed by atoms with E-state index in [2.05, 4.69) is 17.1 Å². The van der Waals surface area contributed by atoms with Gasteiger partial charge in [-0.25, -0.2) is 0 Å². The monoisotopic (exact) mass is 261 g/mol. The second kappa shape index (κ2) is 5.70. The number of fused-ring (bicyclic) bond motifs is 1. The lowest BCUT2D eigenvalue weighted by Crippen LogP contribution is -2.36. The van der Waals surface area contributed by atoms with Crippen LogP contribution in [0.5, 0.6) is 0 Å². The van der Waals surface area contributed by atoms with Gasteiger partial charge < -0.3 is 4.90 Å². The summed E-state index contributed by atoms with van der Waals surface area (Å²) in [5.74, 6) is 1.31. The first-order valence-electron chi connectivity index (χ1n) is 6.90. The Balaban J connectivity index is 2.08. The summed E-state index contributed by atoms with van der Waals surface area (Å²) in [5, 5.41) is 0. The van der Waals surface area contributed by atoms with Crippen LogP contribution >= 0.6 is 0 Å². The van der Waals surface area contributed by atoms with Gasteiger partial charge in [-0.3, -0.25) is 14.7 Å². The van der Waals surface area contributed by atoms with E-state index in [1.807, 2.05) is 39.1 Å². The molecule has 0 bridgehead atoms. The molecule has 0 radical (unpaired) electrons. The van der Waals surface area contributed by atoms with Crippen LogP contribution in [0.15, 0.2) is 28.5 Å². The average Bonchev–Trinajstić information content (AvgIpc) is 3.07. The third-order valence-electron chi connectivity index (χ3n) is 3.84. The quantitative estimate of drug-likeness (QED) is 0.775. The van der Waals surface area contributed by atoms with E-state index < -0.39 is 0 Å². The van der Waals surface area contributed by atoms with Crippen molar-refractivity contribution in [2.45, 2.75) is 20.3 Å². The van der Waals surface area contributed by atoms with E-state index in [1.54, 1.807) is 4.90 Å². The minimum absolute atomic E-state index is 0.112. The highest BCUT2D eigenvalue weighted by Gasteiger charge is 2.34. The number of aliphatic imine (C=N–C) groups is 1. The topological polar surface area (TPSA) is 35.9 Å². The fraction of sp³-hybridized carbons (Fsp3) is 0.600. The van der Waals surface area contributed by atoms with Gasteiger partial charge in [0.05, 0.1) is 18.5 Å². The number of nitrogens with zero attached hydrogens (tertiary/aromatic N) is 3. The van der Waals surface area contributed by atoms with E-state index in [0.717, 1.165) is 17.9 Å². The maximum absolute atomic E-state index is 12.2. The highest BCUT2D eigenvalue weighted by molar-refractivity contribution is 5.89. The van der Waals surface area contributed by atoms with E-state index in [4.69, 9.17) is 0 Å². The Bertz CT molecular complexity index is 450. The lowest BCUT2D eigenvalue weighted by atomic mass is 10.2. The average molecular weight is 261 g/mol. The standard InChI is InChI=1S/C15H23N3O/c1-5-17(3)10-15(19)18(4)14-8-13-7-12(13)6-11(2)16-9-14/h6,8-9,12-13H,5,7,10H2,1-4H3/b11-6+,14-8+,16-9-. The number of hydrogen-bond donors (Lipinski definition) is 0. The molecule has 104 valence electrons. The van der Waals surface area contributed by atoms with E-state index >= 15 is 0 Å². The molecule has 4 nitrogen and oxygen atoms in total. The highest BCUT2D eigenvalue weighted by Crippen LogP contribution is 2.42. The number of allylic oxidation sites excluding steroid dienone is 4. The Kier molecular flexibility index (Phi) is 4.20. The summed E-state index contributed by atoms with van der Waals surface area (Å²) in [6.45, 7) is 5.38. The van der Waals surface area contributed by atoms with Gasteiger partial charge in [0.15, 0.2) is 0 Å². The molecule has 1 saturated carbocycles. The summed E-state index contributed by atoms with van der Waals surface area (Å²) in [6.07, 6.45) is 7.40. The van der Waals surface area contributed by atoms with Gasteiger partial charge in [-0.1, -0.05) is 19.1 Å². The number of rotatable bonds is 4. The molecule has 1 aliphatic heterocycles. The van der Waals surface area contributed by atoms with Gasteiger partial charge in [0.25, 0.3) is 0 Å². The van der Waals surface area contributed by atoms with Gasteiger partial charge in [-0.2, -0.15) is 0 Å². The minimum atomic E-state index is 0.112. The first kappa shape index (κ1) is 14.0. The van der Waals surface area contributed by atoms with Crippen LogP contribution in [0, 0.1) is 11.8 Å². The maximum Gasteiger partial charge on any atom is 0.240 e. The van der Waals surface area contributed by atoms with Crippen LogP contribution < -0.4 is 0 Å². The zero-order valence-corrected chi connectivity index (χ0v) is 12.3. The summed E-state index contributed by atoms with van der Waals surface area (Å²) in [7, 11) is 3.79. The minimum Gasteiger partial charge on any atom is -0.313 e. The zero-order chi connectivity index (χ0) is 14.0. The number of amides is 1. The summed E-state index contributed by atoms with van der Waals surface area (Å²) in [4.78, 5) is 20.3. The Morgan fingerprint density at radius 1 is 1.37 bits per heavy atom. The summed E-state index contributed by atoms with van der Waals surface area (Å²) < 4.78 is 0. The molecule has 0 N–H and O–H groups in total. The molecule has 0 aromatic carbocycles. The predicted octanol–water partition coefficient (Wildman–Crippen LogP) is 1.90. The molecular formula is C15H23N3O. The van der Waals surface area contributed by atoms with Crippen molar-refractivity contribution in [3.05, 3.63) is 23.5 Å². The van der Waals surface area contributed by atoms with Gasteiger partial charge in [0.2, 0.25) is 5.91 Å². The third-order valence-corrected chi connectivity index (χ3v) is 3.84. The smallest absolute Gasteiger partial charge is 0.240 e. The molecule has 0 spiro atoms. The van der Waals surface area contributed by atoms with Crippen LogP contribution in [0.3, 0.4) is 0 Å². The molecule has 0 aromatic heterocycles. The Morgan fingerprint density at radius 2 is 2.05 bits per heavy atom. The molecule has 2 unspecified atom stereocenters.